The molecule has 1 saturated carbocycles. The Labute approximate surface area is 160 Å². The molecule has 0 amide bonds. The van der Waals surface area contributed by atoms with E-state index in [0.29, 0.717) is 6.61 Å². The monoisotopic (exact) mass is 420 g/mol. The highest BCUT2D eigenvalue weighted by molar-refractivity contribution is 6.45. The van der Waals surface area contributed by atoms with E-state index in [2.05, 4.69) is 6.08 Å². The first kappa shape index (κ1) is 18.8. The van der Waals surface area contributed by atoms with Gasteiger partial charge in [-0.15, -0.1) is 69.6 Å². The van der Waals surface area contributed by atoms with E-state index in [9.17, 15) is 0 Å². The first-order valence-electron chi connectivity index (χ1n) is 6.66. The summed E-state index contributed by atoms with van der Waals surface area (Å²) < 4.78 is 5.34. The molecule has 0 radical (unpaired) electrons. The van der Waals surface area contributed by atoms with Gasteiger partial charge in [-0.2, -0.15) is 0 Å². The zero-order valence-electron chi connectivity index (χ0n) is 11.3. The number of fused-ring (bicyclic) bond motifs is 1. The molecule has 1 aliphatic heterocycles. The molecule has 0 saturated heterocycles. The number of para-hydroxylation sites is 1. The van der Waals surface area contributed by atoms with Crippen molar-refractivity contribution < 1.29 is 4.74 Å². The summed E-state index contributed by atoms with van der Waals surface area (Å²) in [4.78, 5) is 0. The lowest BCUT2D eigenvalue weighted by atomic mass is 9.97. The topological polar surface area (TPSA) is 9.23 Å². The average Bonchev–Trinajstić information content (AvgIpc) is 2.57. The van der Waals surface area contributed by atoms with E-state index in [1.165, 1.54) is 5.56 Å². The van der Waals surface area contributed by atoms with Gasteiger partial charge in [0.25, 0.3) is 0 Å². The Bertz CT molecular complexity index is 464. The van der Waals surface area contributed by atoms with Crippen LogP contribution in [0, 0.1) is 0 Å². The van der Waals surface area contributed by atoms with Crippen LogP contribution in [-0.4, -0.2) is 38.9 Å². The molecule has 1 aromatic rings. The van der Waals surface area contributed by atoms with E-state index < -0.39 is 32.3 Å². The van der Waals surface area contributed by atoms with Gasteiger partial charge in [0.05, 0.1) is 32.3 Å². The Kier molecular flexibility index (Phi) is 7.32. The molecule has 22 heavy (non-hydrogen) atoms. The fraction of sp³-hybridized carbons (Fsp3) is 0.467. The van der Waals surface area contributed by atoms with Crippen molar-refractivity contribution in [3.8, 4) is 5.75 Å². The number of hydrogen-bond donors (Lipinski definition) is 0. The van der Waals surface area contributed by atoms with Crippen LogP contribution in [0.1, 0.15) is 5.56 Å². The van der Waals surface area contributed by atoms with Crippen molar-refractivity contribution in [3.05, 3.63) is 35.9 Å². The second kappa shape index (κ2) is 8.55. The third-order valence-electron chi connectivity index (χ3n) is 3.38. The molecule has 122 valence electrons. The van der Waals surface area contributed by atoms with Gasteiger partial charge in [-0.1, -0.05) is 24.3 Å². The van der Waals surface area contributed by atoms with E-state index >= 15 is 0 Å². The predicted molar refractivity (Wildman–Crippen MR) is 98.8 cm³/mol. The van der Waals surface area contributed by atoms with Gasteiger partial charge in [-0.3, -0.25) is 0 Å². The van der Waals surface area contributed by atoms with Crippen molar-refractivity contribution in [2.75, 3.05) is 6.61 Å². The fourth-order valence-corrected chi connectivity index (χ4v) is 4.44. The quantitative estimate of drug-likeness (QED) is 0.484. The smallest absolute Gasteiger partial charge is 0.126 e. The molecule has 1 heterocycles. The lowest BCUT2D eigenvalue weighted by Crippen LogP contribution is -2.52. The highest BCUT2D eigenvalue weighted by Gasteiger charge is 2.46. The molecule has 0 N–H and O–H groups in total. The van der Waals surface area contributed by atoms with Gasteiger partial charge >= 0.3 is 0 Å². The van der Waals surface area contributed by atoms with Crippen molar-refractivity contribution in [1.29, 1.82) is 0 Å². The third-order valence-corrected chi connectivity index (χ3v) is 7.41. The maximum Gasteiger partial charge on any atom is 0.126 e. The average molecular weight is 423 g/mol. The van der Waals surface area contributed by atoms with Gasteiger partial charge < -0.3 is 4.74 Å². The van der Waals surface area contributed by atoms with Crippen LogP contribution in [0.2, 0.25) is 0 Å². The van der Waals surface area contributed by atoms with Gasteiger partial charge in [0.1, 0.15) is 12.4 Å². The summed E-state index contributed by atoms with van der Waals surface area (Å²) in [5, 5.41) is -2.62. The van der Waals surface area contributed by atoms with Crippen molar-refractivity contribution in [2.45, 2.75) is 32.3 Å². The van der Waals surface area contributed by atoms with Gasteiger partial charge in [0.2, 0.25) is 0 Å². The predicted octanol–water partition coefficient (Wildman–Crippen LogP) is 5.74. The highest BCUT2D eigenvalue weighted by Crippen LogP contribution is 2.39. The third kappa shape index (κ3) is 4.32. The highest BCUT2D eigenvalue weighted by atomic mass is 35.5. The molecule has 0 bridgehead atoms. The van der Waals surface area contributed by atoms with E-state index in [1.54, 1.807) is 0 Å². The molecule has 0 aromatic heterocycles. The van der Waals surface area contributed by atoms with Crippen LogP contribution in [0.25, 0.3) is 6.08 Å². The van der Waals surface area contributed by atoms with Crippen molar-refractivity contribution in [3.63, 3.8) is 0 Å². The normalized spacial score (nSPS) is 36.6. The molecular weight excluding hydrogens is 409 g/mol. The lowest BCUT2D eigenvalue weighted by molar-refractivity contribution is 0.358. The summed E-state index contributed by atoms with van der Waals surface area (Å²) in [6.07, 6.45) is 4.10. The maximum atomic E-state index is 5.88. The minimum atomic E-state index is -0.437. The molecule has 1 fully saturated rings. The Hall–Kier alpha value is 0.500. The molecule has 0 spiro atoms. The lowest BCUT2D eigenvalue weighted by Gasteiger charge is -2.37. The van der Waals surface area contributed by atoms with E-state index in [1.807, 2.05) is 30.3 Å². The number of halogens is 6. The molecule has 0 unspecified atom stereocenters. The summed E-state index contributed by atoms with van der Waals surface area (Å²) in [5.74, 6) is 0.991. The Morgan fingerprint density at radius 1 is 0.727 bits per heavy atom. The second-order valence-electron chi connectivity index (χ2n) is 4.92. The molecule has 0 atom stereocenters. The van der Waals surface area contributed by atoms with Crippen LogP contribution in [0.15, 0.2) is 30.3 Å². The Morgan fingerprint density at radius 2 is 1.18 bits per heavy atom. The van der Waals surface area contributed by atoms with Crippen LogP contribution in [0.5, 0.6) is 5.75 Å². The molecule has 1 nitrogen and oxygen atoms in total. The largest absolute Gasteiger partial charge is 0.489 e. The molecule has 3 rings (SSSR count). The van der Waals surface area contributed by atoms with E-state index in [4.69, 9.17) is 74.3 Å². The first-order valence-corrected chi connectivity index (χ1v) is 9.28. The number of hydrogen-bond acceptors (Lipinski definition) is 1. The van der Waals surface area contributed by atoms with Crippen LogP contribution >= 0.6 is 69.6 Å². The first-order chi connectivity index (χ1) is 10.4. The number of ether oxygens (including phenoxy) is 1. The van der Waals surface area contributed by atoms with E-state index in [-0.39, 0.29) is 0 Å². The van der Waals surface area contributed by atoms with Gasteiger partial charge in [-0.05, 0) is 12.1 Å². The summed E-state index contributed by atoms with van der Waals surface area (Å²) in [5.41, 5.74) is 1.17. The fourth-order valence-electron chi connectivity index (χ4n) is 2.12. The maximum absolute atomic E-state index is 5.88. The summed E-state index contributed by atoms with van der Waals surface area (Å²) >= 11 is 35.3. The van der Waals surface area contributed by atoms with Gasteiger partial charge in [-0.25, -0.2) is 0 Å². The zero-order valence-corrected chi connectivity index (χ0v) is 15.8. The summed E-state index contributed by atoms with van der Waals surface area (Å²) in [7, 11) is 0. The van der Waals surface area contributed by atoms with Crippen LogP contribution in [0.3, 0.4) is 0 Å². The number of rotatable bonds is 0. The Morgan fingerprint density at radius 3 is 1.64 bits per heavy atom. The molecular formula is C15H14Cl6O. The van der Waals surface area contributed by atoms with Gasteiger partial charge in [0, 0.05) is 5.56 Å². The minimum absolute atomic E-state index is 0.437. The standard InChI is InChI=1S/C9H8O.C6H6Cl6/c1-2-6-9-8(4-1)5-3-7-10-9;7-1-2(8)4(10)6(12)5(11)3(1)9/h1-6H,7H2;1-6H/t;1-,2-,3-,4+,5+,6+. The number of benzene rings is 1. The van der Waals surface area contributed by atoms with E-state index in [0.717, 1.165) is 5.75 Å². The SMILES string of the molecule is C1=Cc2ccccc2OC1.Cl[C@H]1[C@H](Cl)[C@@H](Cl)[C@@H](Cl)[C@H](Cl)[C@H]1Cl. The Balaban J connectivity index is 0.000000162. The number of alkyl halides is 6. The minimum Gasteiger partial charge on any atom is -0.489 e. The molecule has 1 aliphatic carbocycles. The van der Waals surface area contributed by atoms with Crippen molar-refractivity contribution in [2.24, 2.45) is 0 Å². The van der Waals surface area contributed by atoms with Gasteiger partial charge in [0.15, 0.2) is 0 Å². The van der Waals surface area contributed by atoms with Crippen LogP contribution < -0.4 is 4.74 Å². The van der Waals surface area contributed by atoms with Crippen LogP contribution in [-0.2, 0) is 0 Å². The van der Waals surface area contributed by atoms with Crippen molar-refractivity contribution >= 4 is 75.7 Å². The molecule has 1 aromatic carbocycles. The molecule has 2 aliphatic rings. The summed E-state index contributed by atoms with van der Waals surface area (Å²) in [6.45, 7) is 0.705. The van der Waals surface area contributed by atoms with Crippen LogP contribution in [0.4, 0.5) is 0 Å². The second-order valence-corrected chi connectivity index (χ2v) is 7.94. The zero-order chi connectivity index (χ0) is 16.3. The summed E-state index contributed by atoms with van der Waals surface area (Å²) in [6, 6.07) is 8.03. The molecule has 7 heteroatoms. The van der Waals surface area contributed by atoms with Crippen molar-refractivity contribution in [1.82, 2.24) is 0 Å².